The molecule has 2 aliphatic carbocycles. The SMILES string of the molecule is Nc1c(Cl)nc(C2=CC2)nc1C1CCCCC1. The zero-order chi connectivity index (χ0) is 11.8. The lowest BCUT2D eigenvalue weighted by molar-refractivity contribution is 0.437. The van der Waals surface area contributed by atoms with Gasteiger partial charge in [0.15, 0.2) is 11.0 Å². The smallest absolute Gasteiger partial charge is 0.157 e. The fraction of sp³-hybridized carbons (Fsp3) is 0.538. The second-order valence-electron chi connectivity index (χ2n) is 4.91. The number of hydrogen-bond acceptors (Lipinski definition) is 3. The molecular formula is C13H16ClN3. The highest BCUT2D eigenvalue weighted by atomic mass is 35.5. The van der Waals surface area contributed by atoms with E-state index >= 15 is 0 Å². The summed E-state index contributed by atoms with van der Waals surface area (Å²) in [6.45, 7) is 0. The summed E-state index contributed by atoms with van der Waals surface area (Å²) >= 11 is 6.11. The summed E-state index contributed by atoms with van der Waals surface area (Å²) in [7, 11) is 0. The number of anilines is 1. The van der Waals surface area contributed by atoms with E-state index < -0.39 is 0 Å². The molecule has 0 radical (unpaired) electrons. The maximum absolute atomic E-state index is 6.11. The molecule has 1 saturated carbocycles. The maximum atomic E-state index is 6.11. The Morgan fingerprint density at radius 3 is 2.53 bits per heavy atom. The van der Waals surface area contributed by atoms with E-state index in [4.69, 9.17) is 17.3 Å². The van der Waals surface area contributed by atoms with E-state index in [-0.39, 0.29) is 0 Å². The van der Waals surface area contributed by atoms with Gasteiger partial charge in [-0.1, -0.05) is 36.9 Å². The van der Waals surface area contributed by atoms with E-state index in [2.05, 4.69) is 16.0 Å². The molecule has 0 saturated heterocycles. The highest BCUT2D eigenvalue weighted by molar-refractivity contribution is 6.32. The van der Waals surface area contributed by atoms with Gasteiger partial charge in [-0.2, -0.15) is 0 Å². The summed E-state index contributed by atoms with van der Waals surface area (Å²) in [4.78, 5) is 8.88. The van der Waals surface area contributed by atoms with Crippen LogP contribution in [0, 0.1) is 0 Å². The molecule has 3 rings (SSSR count). The number of hydrogen-bond donors (Lipinski definition) is 1. The topological polar surface area (TPSA) is 51.8 Å². The average molecular weight is 250 g/mol. The van der Waals surface area contributed by atoms with Crippen molar-refractivity contribution in [2.45, 2.75) is 44.4 Å². The quantitative estimate of drug-likeness (QED) is 0.816. The summed E-state index contributed by atoms with van der Waals surface area (Å²) in [5.41, 5.74) is 8.79. The van der Waals surface area contributed by atoms with Crippen molar-refractivity contribution in [3.05, 3.63) is 22.7 Å². The van der Waals surface area contributed by atoms with Crippen LogP contribution in [0.25, 0.3) is 5.57 Å². The van der Waals surface area contributed by atoms with Crippen LogP contribution in [-0.4, -0.2) is 9.97 Å². The highest BCUT2D eigenvalue weighted by Crippen LogP contribution is 2.38. The third-order valence-electron chi connectivity index (χ3n) is 3.62. The van der Waals surface area contributed by atoms with Gasteiger partial charge in [-0.15, -0.1) is 0 Å². The second kappa shape index (κ2) is 4.30. The first-order chi connectivity index (χ1) is 8.25. The second-order valence-corrected chi connectivity index (χ2v) is 5.26. The van der Waals surface area contributed by atoms with Crippen LogP contribution in [0.3, 0.4) is 0 Å². The standard InChI is InChI=1S/C13H16ClN3/c14-12-10(15)11(8-4-2-1-3-5-8)16-13(17-12)9-6-7-9/h6,8H,1-5,7,15H2. The van der Waals surface area contributed by atoms with Gasteiger partial charge in [0.2, 0.25) is 0 Å². The first-order valence-electron chi connectivity index (χ1n) is 6.28. The molecule has 0 aromatic carbocycles. The third-order valence-corrected chi connectivity index (χ3v) is 3.90. The molecular weight excluding hydrogens is 234 g/mol. The van der Waals surface area contributed by atoms with Gasteiger partial charge in [0.25, 0.3) is 0 Å². The predicted octanol–water partition coefficient (Wildman–Crippen LogP) is 3.55. The van der Waals surface area contributed by atoms with Crippen molar-refractivity contribution >= 4 is 22.9 Å². The third kappa shape index (κ3) is 2.16. The molecule has 17 heavy (non-hydrogen) atoms. The van der Waals surface area contributed by atoms with Crippen LogP contribution >= 0.6 is 11.6 Å². The Morgan fingerprint density at radius 2 is 1.88 bits per heavy atom. The van der Waals surface area contributed by atoms with Crippen molar-refractivity contribution in [2.75, 3.05) is 5.73 Å². The van der Waals surface area contributed by atoms with Gasteiger partial charge in [-0.25, -0.2) is 9.97 Å². The number of nitrogens with two attached hydrogens (primary N) is 1. The van der Waals surface area contributed by atoms with Crippen LogP contribution in [-0.2, 0) is 0 Å². The van der Waals surface area contributed by atoms with E-state index in [0.717, 1.165) is 17.9 Å². The Morgan fingerprint density at radius 1 is 1.18 bits per heavy atom. The molecule has 3 nitrogen and oxygen atoms in total. The van der Waals surface area contributed by atoms with Crippen molar-refractivity contribution in [1.29, 1.82) is 0 Å². The van der Waals surface area contributed by atoms with Crippen LogP contribution in [0.5, 0.6) is 0 Å². The molecule has 0 spiro atoms. The monoisotopic (exact) mass is 249 g/mol. The molecule has 1 heterocycles. The molecule has 0 atom stereocenters. The van der Waals surface area contributed by atoms with Crippen LogP contribution < -0.4 is 5.73 Å². The van der Waals surface area contributed by atoms with Crippen molar-refractivity contribution in [1.82, 2.24) is 9.97 Å². The lowest BCUT2D eigenvalue weighted by atomic mass is 9.86. The van der Waals surface area contributed by atoms with Crippen LogP contribution in [0.2, 0.25) is 5.15 Å². The summed E-state index contributed by atoms with van der Waals surface area (Å²) < 4.78 is 0. The first kappa shape index (κ1) is 11.0. The number of rotatable bonds is 2. The average Bonchev–Trinajstić information content (AvgIpc) is 3.18. The van der Waals surface area contributed by atoms with Gasteiger partial charge in [-0.05, 0) is 24.8 Å². The molecule has 0 unspecified atom stereocenters. The molecule has 0 amide bonds. The molecule has 0 aliphatic heterocycles. The van der Waals surface area contributed by atoms with Crippen molar-refractivity contribution in [3.8, 4) is 0 Å². The normalized spacial score (nSPS) is 20.2. The summed E-state index contributed by atoms with van der Waals surface area (Å²) in [6, 6.07) is 0. The van der Waals surface area contributed by atoms with Gasteiger partial charge < -0.3 is 5.73 Å². The Bertz CT molecular complexity index is 476. The first-order valence-corrected chi connectivity index (χ1v) is 6.66. The van der Waals surface area contributed by atoms with E-state index in [9.17, 15) is 0 Å². The molecule has 4 heteroatoms. The molecule has 1 aromatic heterocycles. The Labute approximate surface area is 106 Å². The number of allylic oxidation sites excluding steroid dienone is 2. The van der Waals surface area contributed by atoms with Crippen molar-refractivity contribution < 1.29 is 0 Å². The Hall–Kier alpha value is -1.09. The molecule has 1 aromatic rings. The zero-order valence-electron chi connectivity index (χ0n) is 9.75. The number of nitrogens with zero attached hydrogens (tertiary/aromatic N) is 2. The van der Waals surface area contributed by atoms with E-state index in [1.54, 1.807) is 0 Å². The minimum absolute atomic E-state index is 0.420. The summed E-state index contributed by atoms with van der Waals surface area (Å²) in [6.07, 6.45) is 9.32. The Kier molecular flexibility index (Phi) is 2.79. The largest absolute Gasteiger partial charge is 0.395 e. The molecule has 2 N–H and O–H groups in total. The minimum atomic E-state index is 0.420. The molecule has 0 bridgehead atoms. The maximum Gasteiger partial charge on any atom is 0.157 e. The summed E-state index contributed by atoms with van der Waals surface area (Å²) in [5, 5.41) is 0.420. The number of aromatic nitrogens is 2. The lowest BCUT2D eigenvalue weighted by Gasteiger charge is -2.22. The van der Waals surface area contributed by atoms with E-state index in [0.29, 0.717) is 16.8 Å². The fourth-order valence-electron chi connectivity index (χ4n) is 2.52. The molecule has 2 aliphatic rings. The Balaban J connectivity index is 1.98. The molecule has 1 fully saturated rings. The van der Waals surface area contributed by atoms with Gasteiger partial charge in [0.05, 0.1) is 11.4 Å². The minimum Gasteiger partial charge on any atom is -0.395 e. The summed E-state index contributed by atoms with van der Waals surface area (Å²) in [5.74, 6) is 1.26. The molecule has 90 valence electrons. The highest BCUT2D eigenvalue weighted by Gasteiger charge is 2.24. The van der Waals surface area contributed by atoms with Gasteiger partial charge >= 0.3 is 0 Å². The van der Waals surface area contributed by atoms with Gasteiger partial charge in [0.1, 0.15) is 0 Å². The van der Waals surface area contributed by atoms with Gasteiger partial charge in [0, 0.05) is 5.92 Å². The number of halogens is 1. The fourth-order valence-corrected chi connectivity index (χ4v) is 2.70. The zero-order valence-corrected chi connectivity index (χ0v) is 10.5. The van der Waals surface area contributed by atoms with E-state index in [1.807, 2.05) is 0 Å². The van der Waals surface area contributed by atoms with Crippen molar-refractivity contribution in [2.24, 2.45) is 0 Å². The predicted molar refractivity (Wildman–Crippen MR) is 69.9 cm³/mol. The van der Waals surface area contributed by atoms with Gasteiger partial charge in [-0.3, -0.25) is 0 Å². The van der Waals surface area contributed by atoms with Crippen molar-refractivity contribution in [3.63, 3.8) is 0 Å². The number of nitrogen functional groups attached to an aromatic ring is 1. The van der Waals surface area contributed by atoms with E-state index in [1.165, 1.54) is 37.7 Å². The lowest BCUT2D eigenvalue weighted by Crippen LogP contribution is -2.12. The van der Waals surface area contributed by atoms with Crippen LogP contribution in [0.4, 0.5) is 5.69 Å². The van der Waals surface area contributed by atoms with Crippen LogP contribution in [0.15, 0.2) is 6.08 Å². The van der Waals surface area contributed by atoms with Crippen LogP contribution in [0.1, 0.15) is 56.0 Å².